The second-order valence-electron chi connectivity index (χ2n) is 4.30. The monoisotopic (exact) mass is 278 g/mol. The molecule has 2 rings (SSSR count). The minimum absolute atomic E-state index is 0.0425. The van der Waals surface area contributed by atoms with Crippen molar-refractivity contribution in [3.63, 3.8) is 0 Å². The Balaban J connectivity index is 2.05. The molecular weight excluding hydrogens is 267 g/mol. The molecule has 0 aromatic heterocycles. The van der Waals surface area contributed by atoms with Crippen molar-refractivity contribution < 1.29 is 14.3 Å². The van der Waals surface area contributed by atoms with Crippen molar-refractivity contribution in [1.82, 2.24) is 0 Å². The molecule has 0 atom stereocenters. The van der Waals surface area contributed by atoms with Crippen LogP contribution in [0.5, 0.6) is 5.75 Å². The van der Waals surface area contributed by atoms with E-state index in [1.54, 1.807) is 24.3 Å². The summed E-state index contributed by atoms with van der Waals surface area (Å²) >= 11 is 5.87. The quantitative estimate of drug-likeness (QED) is 0.929. The highest BCUT2D eigenvalue weighted by Gasteiger charge is 2.09. The van der Waals surface area contributed by atoms with Gasteiger partial charge >= 0.3 is 0 Å². The number of phenols is 1. The van der Waals surface area contributed by atoms with Crippen molar-refractivity contribution in [2.24, 2.45) is 0 Å². The summed E-state index contributed by atoms with van der Waals surface area (Å²) in [6.45, 7) is 0. The highest BCUT2D eigenvalue weighted by atomic mass is 35.5. The molecule has 1 N–H and O–H groups in total. The van der Waals surface area contributed by atoms with Gasteiger partial charge in [-0.2, -0.15) is 0 Å². The molecule has 0 unspecified atom stereocenters. The van der Waals surface area contributed by atoms with Crippen LogP contribution < -0.4 is 0 Å². The molecule has 98 valence electrons. The fourth-order valence-electron chi connectivity index (χ4n) is 1.83. The normalized spacial score (nSPS) is 10.4. The lowest BCUT2D eigenvalue weighted by atomic mass is 10.0. The Kier molecular flexibility index (Phi) is 4.17. The lowest BCUT2D eigenvalue weighted by molar-refractivity contribution is -0.117. The standard InChI is InChI=1S/C15H12ClFO2/c16-15-9-12(17)5-4-11(15)8-14(19)7-10-2-1-3-13(18)6-10/h1-6,9,18H,7-8H2. The SMILES string of the molecule is O=C(Cc1cccc(O)c1)Cc1ccc(F)cc1Cl. The highest BCUT2D eigenvalue weighted by Crippen LogP contribution is 2.19. The summed E-state index contributed by atoms with van der Waals surface area (Å²) in [5, 5.41) is 9.57. The summed E-state index contributed by atoms with van der Waals surface area (Å²) in [5.41, 5.74) is 1.34. The largest absolute Gasteiger partial charge is 0.508 e. The predicted octanol–water partition coefficient (Wildman–Crippen LogP) is 3.54. The van der Waals surface area contributed by atoms with Crippen LogP contribution in [0.3, 0.4) is 0 Å². The van der Waals surface area contributed by atoms with Crippen LogP contribution in [-0.4, -0.2) is 10.9 Å². The Morgan fingerprint density at radius 3 is 2.63 bits per heavy atom. The number of hydrogen-bond acceptors (Lipinski definition) is 2. The number of phenolic OH excluding ortho intramolecular Hbond substituents is 1. The van der Waals surface area contributed by atoms with E-state index in [1.165, 1.54) is 18.2 Å². The third-order valence-electron chi connectivity index (χ3n) is 2.71. The highest BCUT2D eigenvalue weighted by molar-refractivity contribution is 6.31. The maximum Gasteiger partial charge on any atom is 0.141 e. The third-order valence-corrected chi connectivity index (χ3v) is 3.07. The van der Waals surface area contributed by atoms with Crippen LogP contribution in [0.4, 0.5) is 4.39 Å². The van der Waals surface area contributed by atoms with Crippen LogP contribution in [0.2, 0.25) is 5.02 Å². The molecular formula is C15H12ClFO2. The molecule has 0 fully saturated rings. The van der Waals surface area contributed by atoms with Gasteiger partial charge in [-0.1, -0.05) is 29.8 Å². The molecule has 0 bridgehead atoms. The summed E-state index contributed by atoms with van der Waals surface area (Å²) in [6, 6.07) is 10.5. The van der Waals surface area contributed by atoms with Crippen LogP contribution >= 0.6 is 11.6 Å². The first kappa shape index (κ1) is 13.6. The first-order valence-electron chi connectivity index (χ1n) is 5.78. The maximum absolute atomic E-state index is 12.9. The number of Topliss-reactive ketones (excluding diaryl/α,β-unsaturated/α-hetero) is 1. The van der Waals surface area contributed by atoms with Gasteiger partial charge in [-0.3, -0.25) is 4.79 Å². The van der Waals surface area contributed by atoms with E-state index >= 15 is 0 Å². The van der Waals surface area contributed by atoms with Crippen molar-refractivity contribution in [3.8, 4) is 5.75 Å². The molecule has 0 saturated carbocycles. The maximum atomic E-state index is 12.9. The van der Waals surface area contributed by atoms with E-state index < -0.39 is 5.82 Å². The zero-order valence-electron chi connectivity index (χ0n) is 10.1. The van der Waals surface area contributed by atoms with Crippen LogP contribution in [0.1, 0.15) is 11.1 Å². The fraction of sp³-hybridized carbons (Fsp3) is 0.133. The molecule has 0 aliphatic rings. The topological polar surface area (TPSA) is 37.3 Å². The van der Waals surface area contributed by atoms with Crippen molar-refractivity contribution in [2.45, 2.75) is 12.8 Å². The molecule has 2 nitrogen and oxygen atoms in total. The number of hydrogen-bond donors (Lipinski definition) is 1. The molecule has 0 aliphatic heterocycles. The Bertz CT molecular complexity index is 611. The molecule has 2 aromatic rings. The van der Waals surface area contributed by atoms with Crippen molar-refractivity contribution in [2.75, 3.05) is 0 Å². The number of carbonyl (C=O) groups is 1. The van der Waals surface area contributed by atoms with Crippen LogP contribution in [0.15, 0.2) is 42.5 Å². The van der Waals surface area contributed by atoms with E-state index in [0.717, 1.165) is 5.56 Å². The van der Waals surface area contributed by atoms with Gasteiger partial charge in [0.2, 0.25) is 0 Å². The van der Waals surface area contributed by atoms with E-state index in [4.69, 9.17) is 11.6 Å². The van der Waals surface area contributed by atoms with E-state index in [1.807, 2.05) is 0 Å². The van der Waals surface area contributed by atoms with Gasteiger partial charge in [-0.05, 0) is 35.4 Å². The van der Waals surface area contributed by atoms with Gasteiger partial charge in [0.25, 0.3) is 0 Å². The number of halogens is 2. The van der Waals surface area contributed by atoms with Gasteiger partial charge in [0.1, 0.15) is 17.3 Å². The van der Waals surface area contributed by atoms with Gasteiger partial charge in [-0.25, -0.2) is 4.39 Å². The number of carbonyl (C=O) groups excluding carboxylic acids is 1. The molecule has 0 heterocycles. The molecule has 0 amide bonds. The summed E-state index contributed by atoms with van der Waals surface area (Å²) < 4.78 is 12.9. The molecule has 19 heavy (non-hydrogen) atoms. The summed E-state index contributed by atoms with van der Waals surface area (Å²) in [6.07, 6.45) is 0.358. The third kappa shape index (κ3) is 3.80. The minimum Gasteiger partial charge on any atom is -0.508 e. The second kappa shape index (κ2) is 5.85. The lowest BCUT2D eigenvalue weighted by Crippen LogP contribution is -2.07. The van der Waals surface area contributed by atoms with Gasteiger partial charge < -0.3 is 5.11 Å². The smallest absolute Gasteiger partial charge is 0.141 e. The second-order valence-corrected chi connectivity index (χ2v) is 4.71. The van der Waals surface area contributed by atoms with Crippen LogP contribution in [-0.2, 0) is 17.6 Å². The first-order valence-corrected chi connectivity index (χ1v) is 6.16. The summed E-state index contributed by atoms with van der Waals surface area (Å²) in [5.74, 6) is -0.335. The Morgan fingerprint density at radius 2 is 1.95 bits per heavy atom. The van der Waals surface area contributed by atoms with Crippen LogP contribution in [0.25, 0.3) is 0 Å². The number of ketones is 1. The molecule has 4 heteroatoms. The zero-order chi connectivity index (χ0) is 13.8. The van der Waals surface area contributed by atoms with Crippen molar-refractivity contribution in [1.29, 1.82) is 0 Å². The Labute approximate surface area is 115 Å². The van der Waals surface area contributed by atoms with E-state index in [2.05, 4.69) is 0 Å². The van der Waals surface area contributed by atoms with Crippen molar-refractivity contribution in [3.05, 3.63) is 64.4 Å². The number of benzene rings is 2. The van der Waals surface area contributed by atoms with Gasteiger partial charge in [0.05, 0.1) is 0 Å². The average Bonchev–Trinajstić information content (AvgIpc) is 2.33. The fourth-order valence-corrected chi connectivity index (χ4v) is 2.07. The van der Waals surface area contributed by atoms with E-state index in [9.17, 15) is 14.3 Å². The van der Waals surface area contributed by atoms with Crippen molar-refractivity contribution >= 4 is 17.4 Å². The molecule has 0 aliphatic carbocycles. The number of rotatable bonds is 4. The molecule has 2 aromatic carbocycles. The zero-order valence-corrected chi connectivity index (χ0v) is 10.8. The van der Waals surface area contributed by atoms with Gasteiger partial charge in [-0.15, -0.1) is 0 Å². The minimum atomic E-state index is -0.422. The van der Waals surface area contributed by atoms with E-state index in [-0.39, 0.29) is 29.4 Å². The first-order chi connectivity index (χ1) is 9.04. The Hall–Kier alpha value is -1.87. The lowest BCUT2D eigenvalue weighted by Gasteiger charge is -2.04. The van der Waals surface area contributed by atoms with Gasteiger partial charge in [0, 0.05) is 17.9 Å². The van der Waals surface area contributed by atoms with Crippen LogP contribution in [0, 0.1) is 5.82 Å². The molecule has 0 radical (unpaired) electrons. The predicted molar refractivity (Wildman–Crippen MR) is 71.9 cm³/mol. The number of aromatic hydroxyl groups is 1. The molecule has 0 spiro atoms. The molecule has 0 saturated heterocycles. The summed E-state index contributed by atoms with van der Waals surface area (Å²) in [7, 11) is 0. The average molecular weight is 279 g/mol. The van der Waals surface area contributed by atoms with E-state index in [0.29, 0.717) is 5.56 Å². The Morgan fingerprint density at radius 1 is 1.16 bits per heavy atom. The summed E-state index contributed by atoms with van der Waals surface area (Å²) in [4.78, 5) is 11.9. The van der Waals surface area contributed by atoms with Gasteiger partial charge in [0.15, 0.2) is 0 Å².